The molecule has 1 aromatic heterocycles. The van der Waals surface area contributed by atoms with E-state index in [0.29, 0.717) is 10.6 Å². The van der Waals surface area contributed by atoms with Gasteiger partial charge in [-0.05, 0) is 37.2 Å². The second-order valence-corrected chi connectivity index (χ2v) is 5.52. The summed E-state index contributed by atoms with van der Waals surface area (Å²) in [5.74, 6) is 0.715. The molecule has 0 spiro atoms. The SMILES string of the molecule is Cc1cccc(C=Nn2c(-c3ccccc3C)n[nH]c2=S)c1. The number of hydrogen-bond donors (Lipinski definition) is 1. The summed E-state index contributed by atoms with van der Waals surface area (Å²) in [6, 6.07) is 16.2. The van der Waals surface area contributed by atoms with Crippen LogP contribution in [0, 0.1) is 18.6 Å². The number of H-pyrrole nitrogens is 1. The molecule has 0 fully saturated rings. The predicted octanol–water partition coefficient (Wildman–Crippen LogP) is 4.11. The molecule has 0 saturated carbocycles. The Labute approximate surface area is 134 Å². The van der Waals surface area contributed by atoms with Gasteiger partial charge in [0, 0.05) is 5.56 Å². The summed E-state index contributed by atoms with van der Waals surface area (Å²) in [5, 5.41) is 11.6. The third-order valence-electron chi connectivity index (χ3n) is 3.40. The minimum Gasteiger partial charge on any atom is -0.250 e. The molecule has 0 aliphatic carbocycles. The standard InChI is InChI=1S/C17H16N4S/c1-12-6-5-8-14(10-12)11-18-21-16(19-20-17(21)22)15-9-4-3-7-13(15)2/h3-11H,1-2H3,(H,20,22). The van der Waals surface area contributed by atoms with Crippen LogP contribution in [0.25, 0.3) is 11.4 Å². The van der Waals surface area contributed by atoms with Crippen LogP contribution in [-0.4, -0.2) is 21.1 Å². The van der Waals surface area contributed by atoms with Crippen molar-refractivity contribution >= 4 is 18.4 Å². The number of benzene rings is 2. The molecule has 1 N–H and O–H groups in total. The zero-order valence-corrected chi connectivity index (χ0v) is 13.3. The molecule has 3 aromatic rings. The molecule has 0 aliphatic rings. The second kappa shape index (κ2) is 6.07. The predicted molar refractivity (Wildman–Crippen MR) is 91.8 cm³/mol. The molecule has 0 unspecified atom stereocenters. The van der Waals surface area contributed by atoms with Crippen molar-refractivity contribution in [3.05, 3.63) is 70.0 Å². The highest BCUT2D eigenvalue weighted by molar-refractivity contribution is 7.71. The van der Waals surface area contributed by atoms with Gasteiger partial charge in [-0.15, -0.1) is 0 Å². The van der Waals surface area contributed by atoms with E-state index in [1.165, 1.54) is 5.56 Å². The maximum Gasteiger partial charge on any atom is 0.216 e. The van der Waals surface area contributed by atoms with Gasteiger partial charge in [-0.3, -0.25) is 0 Å². The molecule has 0 atom stereocenters. The number of hydrogen-bond acceptors (Lipinski definition) is 3. The summed E-state index contributed by atoms with van der Waals surface area (Å²) in [4.78, 5) is 0. The van der Waals surface area contributed by atoms with Gasteiger partial charge in [0.2, 0.25) is 4.77 Å². The van der Waals surface area contributed by atoms with E-state index >= 15 is 0 Å². The van der Waals surface area contributed by atoms with Crippen molar-refractivity contribution in [3.8, 4) is 11.4 Å². The molecule has 1 heterocycles. The quantitative estimate of drug-likeness (QED) is 0.584. The summed E-state index contributed by atoms with van der Waals surface area (Å²) in [5.41, 5.74) is 4.36. The number of nitrogens with one attached hydrogen (secondary N) is 1. The molecule has 3 rings (SSSR count). The van der Waals surface area contributed by atoms with E-state index in [-0.39, 0.29) is 0 Å². The number of aromatic nitrogens is 3. The Morgan fingerprint density at radius 2 is 1.95 bits per heavy atom. The molecular weight excluding hydrogens is 292 g/mol. The van der Waals surface area contributed by atoms with Gasteiger partial charge in [0.05, 0.1) is 6.21 Å². The first kappa shape index (κ1) is 14.4. The molecule has 0 radical (unpaired) electrons. The van der Waals surface area contributed by atoms with E-state index in [1.807, 2.05) is 43.3 Å². The van der Waals surface area contributed by atoms with Crippen LogP contribution in [0.3, 0.4) is 0 Å². The first-order valence-corrected chi connectivity index (χ1v) is 7.40. The highest BCUT2D eigenvalue weighted by Crippen LogP contribution is 2.21. The molecule has 0 bridgehead atoms. The fourth-order valence-electron chi connectivity index (χ4n) is 2.27. The normalized spacial score (nSPS) is 11.2. The van der Waals surface area contributed by atoms with Crippen LogP contribution in [0.5, 0.6) is 0 Å². The first-order chi connectivity index (χ1) is 10.6. The van der Waals surface area contributed by atoms with Crippen molar-refractivity contribution in [1.82, 2.24) is 14.9 Å². The average Bonchev–Trinajstić information content (AvgIpc) is 2.87. The lowest BCUT2D eigenvalue weighted by molar-refractivity contribution is 0.871. The second-order valence-electron chi connectivity index (χ2n) is 5.14. The number of rotatable bonds is 3. The number of aromatic amines is 1. The molecule has 4 nitrogen and oxygen atoms in total. The van der Waals surface area contributed by atoms with Gasteiger partial charge in [-0.2, -0.15) is 14.9 Å². The van der Waals surface area contributed by atoms with Gasteiger partial charge in [0.1, 0.15) is 0 Å². The average molecular weight is 308 g/mol. The van der Waals surface area contributed by atoms with E-state index < -0.39 is 0 Å². The molecule has 0 saturated heterocycles. The Morgan fingerprint density at radius 1 is 1.14 bits per heavy atom. The number of nitrogens with zero attached hydrogens (tertiary/aromatic N) is 3. The third kappa shape index (κ3) is 2.89. The zero-order chi connectivity index (χ0) is 15.5. The van der Waals surface area contributed by atoms with Gasteiger partial charge in [-0.25, -0.2) is 5.10 Å². The fraction of sp³-hybridized carbons (Fsp3) is 0.118. The molecule has 0 aliphatic heterocycles. The van der Waals surface area contributed by atoms with Gasteiger partial charge < -0.3 is 0 Å². The monoisotopic (exact) mass is 308 g/mol. The Hall–Kier alpha value is -2.53. The first-order valence-electron chi connectivity index (χ1n) is 6.99. The number of aryl methyl sites for hydroxylation is 2. The summed E-state index contributed by atoms with van der Waals surface area (Å²) in [6.45, 7) is 4.10. The summed E-state index contributed by atoms with van der Waals surface area (Å²) < 4.78 is 2.13. The van der Waals surface area contributed by atoms with Crippen molar-refractivity contribution in [2.45, 2.75) is 13.8 Å². The Bertz CT molecular complexity index is 889. The molecule has 0 amide bonds. The highest BCUT2D eigenvalue weighted by atomic mass is 32.1. The third-order valence-corrected chi connectivity index (χ3v) is 3.67. The zero-order valence-electron chi connectivity index (χ0n) is 12.4. The van der Waals surface area contributed by atoms with Crippen LogP contribution in [0.2, 0.25) is 0 Å². The Kier molecular flexibility index (Phi) is 3.98. The molecule has 22 heavy (non-hydrogen) atoms. The lowest BCUT2D eigenvalue weighted by Gasteiger charge is -2.04. The van der Waals surface area contributed by atoms with Gasteiger partial charge in [0.15, 0.2) is 5.82 Å². The molecular formula is C17H16N4S. The van der Waals surface area contributed by atoms with Crippen molar-refractivity contribution in [1.29, 1.82) is 0 Å². The van der Waals surface area contributed by atoms with Crippen molar-refractivity contribution in [2.24, 2.45) is 5.10 Å². The molecule has 110 valence electrons. The minimum atomic E-state index is 0.474. The summed E-state index contributed by atoms with van der Waals surface area (Å²) in [7, 11) is 0. The van der Waals surface area contributed by atoms with Crippen LogP contribution >= 0.6 is 12.2 Å². The van der Waals surface area contributed by atoms with Crippen molar-refractivity contribution in [2.75, 3.05) is 0 Å². The van der Waals surface area contributed by atoms with Gasteiger partial charge in [-0.1, -0.05) is 54.1 Å². The Morgan fingerprint density at radius 3 is 2.73 bits per heavy atom. The maximum atomic E-state index is 5.29. The van der Waals surface area contributed by atoms with E-state index in [1.54, 1.807) is 10.9 Å². The van der Waals surface area contributed by atoms with Crippen molar-refractivity contribution < 1.29 is 0 Å². The van der Waals surface area contributed by atoms with Gasteiger partial charge in [0.25, 0.3) is 0 Å². The van der Waals surface area contributed by atoms with Crippen molar-refractivity contribution in [3.63, 3.8) is 0 Å². The minimum absolute atomic E-state index is 0.474. The van der Waals surface area contributed by atoms with Crippen LogP contribution < -0.4 is 0 Å². The molecule has 5 heteroatoms. The summed E-state index contributed by atoms with van der Waals surface area (Å²) >= 11 is 5.29. The summed E-state index contributed by atoms with van der Waals surface area (Å²) in [6.07, 6.45) is 1.79. The van der Waals surface area contributed by atoms with E-state index in [0.717, 1.165) is 16.7 Å². The largest absolute Gasteiger partial charge is 0.250 e. The lowest BCUT2D eigenvalue weighted by Crippen LogP contribution is -1.96. The Balaban J connectivity index is 2.04. The van der Waals surface area contributed by atoms with Crippen LogP contribution in [-0.2, 0) is 0 Å². The fourth-order valence-corrected chi connectivity index (χ4v) is 2.45. The lowest BCUT2D eigenvalue weighted by atomic mass is 10.1. The van der Waals surface area contributed by atoms with E-state index in [4.69, 9.17) is 12.2 Å². The highest BCUT2D eigenvalue weighted by Gasteiger charge is 2.09. The van der Waals surface area contributed by atoms with Gasteiger partial charge >= 0.3 is 0 Å². The molecule has 2 aromatic carbocycles. The van der Waals surface area contributed by atoms with Crippen LogP contribution in [0.1, 0.15) is 16.7 Å². The van der Waals surface area contributed by atoms with Crippen LogP contribution in [0.15, 0.2) is 53.6 Å². The topological polar surface area (TPSA) is 46.0 Å². The van der Waals surface area contributed by atoms with E-state index in [9.17, 15) is 0 Å². The van der Waals surface area contributed by atoms with E-state index in [2.05, 4.69) is 34.4 Å². The van der Waals surface area contributed by atoms with Crippen LogP contribution in [0.4, 0.5) is 0 Å². The smallest absolute Gasteiger partial charge is 0.216 e. The maximum absolute atomic E-state index is 5.29.